The van der Waals surface area contributed by atoms with E-state index >= 15 is 0 Å². The second-order valence-electron chi connectivity index (χ2n) is 5.91. The van der Waals surface area contributed by atoms with Crippen LogP contribution in [0.5, 0.6) is 0 Å². The Bertz CT molecular complexity index is 992. The molecule has 8 heteroatoms. The molecule has 0 atom stereocenters. The Labute approximate surface area is 148 Å². The van der Waals surface area contributed by atoms with Crippen LogP contribution < -0.4 is 10.9 Å². The quantitative estimate of drug-likeness (QED) is 0.650. The Kier molecular flexibility index (Phi) is 4.92. The summed E-state index contributed by atoms with van der Waals surface area (Å²) in [5.74, 6) is 0.346. The summed E-state index contributed by atoms with van der Waals surface area (Å²) in [6.07, 6.45) is 0.400. The number of aromatic nitrogens is 4. The lowest BCUT2D eigenvalue weighted by Gasteiger charge is -2.04. The van der Waals surface area contributed by atoms with Gasteiger partial charge < -0.3 is 15.3 Å². The largest absolute Gasteiger partial charge is 0.350 e. The Morgan fingerprint density at radius 1 is 1.15 bits per heavy atom. The molecular weight excluding hydrogens is 337 g/mol. The first-order valence-corrected chi connectivity index (χ1v) is 8.10. The Morgan fingerprint density at radius 3 is 2.58 bits per heavy atom. The number of carbonyl (C=O) groups is 1. The summed E-state index contributed by atoms with van der Waals surface area (Å²) in [6.45, 7) is 3.79. The number of benzene rings is 1. The van der Waals surface area contributed by atoms with Gasteiger partial charge in [-0.05, 0) is 38.1 Å². The Hall–Kier alpha value is -3.29. The third kappa shape index (κ3) is 4.02. The van der Waals surface area contributed by atoms with Gasteiger partial charge in [-0.15, -0.1) is 0 Å². The van der Waals surface area contributed by atoms with Crippen LogP contribution in [-0.2, 0) is 6.42 Å². The molecule has 0 aliphatic rings. The lowest BCUT2D eigenvalue weighted by Crippen LogP contribution is -2.27. The number of H-pyrrole nitrogens is 2. The zero-order valence-corrected chi connectivity index (χ0v) is 14.4. The van der Waals surface area contributed by atoms with Crippen LogP contribution >= 0.6 is 0 Å². The number of amides is 1. The van der Waals surface area contributed by atoms with Gasteiger partial charge in [-0.25, -0.2) is 14.4 Å². The molecule has 0 saturated carbocycles. The molecular formula is C18H18FN5O2. The van der Waals surface area contributed by atoms with Crippen molar-refractivity contribution in [3.8, 4) is 11.4 Å². The van der Waals surface area contributed by atoms with Crippen LogP contribution in [0.25, 0.3) is 11.4 Å². The number of rotatable bonds is 5. The lowest BCUT2D eigenvalue weighted by molar-refractivity contribution is 0.0949. The minimum Gasteiger partial charge on any atom is -0.350 e. The van der Waals surface area contributed by atoms with E-state index in [-0.39, 0.29) is 23.0 Å². The molecule has 0 radical (unpaired) electrons. The summed E-state index contributed by atoms with van der Waals surface area (Å²) in [5, 5.41) is 2.76. The second-order valence-corrected chi connectivity index (χ2v) is 5.91. The van der Waals surface area contributed by atoms with Gasteiger partial charge in [-0.2, -0.15) is 0 Å². The molecule has 0 bridgehead atoms. The molecule has 3 N–H and O–H groups in total. The maximum Gasteiger partial charge on any atom is 0.271 e. The van der Waals surface area contributed by atoms with Crippen LogP contribution in [0.1, 0.15) is 27.7 Å². The van der Waals surface area contributed by atoms with Crippen molar-refractivity contribution in [1.29, 1.82) is 0 Å². The van der Waals surface area contributed by atoms with Crippen LogP contribution in [0.4, 0.5) is 4.39 Å². The topological polar surface area (TPSA) is 104 Å². The summed E-state index contributed by atoms with van der Waals surface area (Å²) in [6, 6.07) is 7.27. The van der Waals surface area contributed by atoms with Gasteiger partial charge in [0, 0.05) is 36.0 Å². The zero-order valence-electron chi connectivity index (χ0n) is 14.4. The van der Waals surface area contributed by atoms with Crippen molar-refractivity contribution >= 4 is 5.91 Å². The van der Waals surface area contributed by atoms with Crippen LogP contribution in [0.2, 0.25) is 0 Å². The second kappa shape index (κ2) is 7.30. The molecule has 3 aromatic rings. The van der Waals surface area contributed by atoms with E-state index in [1.165, 1.54) is 18.2 Å². The highest BCUT2D eigenvalue weighted by atomic mass is 19.1. The number of aromatic amines is 2. The van der Waals surface area contributed by atoms with Crippen molar-refractivity contribution in [3.63, 3.8) is 0 Å². The molecule has 0 aliphatic heterocycles. The van der Waals surface area contributed by atoms with E-state index in [4.69, 9.17) is 0 Å². The number of hydrogen-bond donors (Lipinski definition) is 3. The summed E-state index contributed by atoms with van der Waals surface area (Å²) in [7, 11) is 0. The number of nitrogens with one attached hydrogen (secondary N) is 3. The highest BCUT2D eigenvalue weighted by Crippen LogP contribution is 2.18. The number of hydrogen-bond acceptors (Lipinski definition) is 4. The molecule has 1 aromatic carbocycles. The number of nitrogens with zero attached hydrogens (tertiary/aromatic N) is 2. The molecule has 134 valence electrons. The van der Waals surface area contributed by atoms with Crippen LogP contribution in [0, 0.1) is 19.7 Å². The van der Waals surface area contributed by atoms with Crippen molar-refractivity contribution in [3.05, 3.63) is 69.4 Å². The Balaban J connectivity index is 1.66. The number of carbonyl (C=O) groups excluding carboxylic acids is 1. The smallest absolute Gasteiger partial charge is 0.271 e. The molecule has 7 nitrogen and oxygen atoms in total. The molecule has 0 aliphatic carbocycles. The van der Waals surface area contributed by atoms with Crippen molar-refractivity contribution in [1.82, 2.24) is 25.3 Å². The molecule has 0 saturated heterocycles. The van der Waals surface area contributed by atoms with Crippen molar-refractivity contribution in [2.24, 2.45) is 0 Å². The monoisotopic (exact) mass is 355 g/mol. The van der Waals surface area contributed by atoms with E-state index in [9.17, 15) is 14.0 Å². The molecule has 3 rings (SSSR count). The van der Waals surface area contributed by atoms with E-state index < -0.39 is 0 Å². The predicted octanol–water partition coefficient (Wildman–Crippen LogP) is 1.89. The summed E-state index contributed by atoms with van der Waals surface area (Å²) in [4.78, 5) is 37.9. The lowest BCUT2D eigenvalue weighted by atomic mass is 10.2. The Morgan fingerprint density at radius 2 is 1.88 bits per heavy atom. The number of aryl methyl sites for hydroxylation is 2. The van der Waals surface area contributed by atoms with E-state index in [1.807, 2.05) is 0 Å². The van der Waals surface area contributed by atoms with E-state index in [0.29, 0.717) is 41.6 Å². The van der Waals surface area contributed by atoms with Crippen LogP contribution in [-0.4, -0.2) is 32.4 Å². The van der Waals surface area contributed by atoms with Gasteiger partial charge in [0.15, 0.2) is 0 Å². The minimum atomic E-state index is -0.335. The van der Waals surface area contributed by atoms with Gasteiger partial charge in [0.05, 0.1) is 0 Å². The highest BCUT2D eigenvalue weighted by molar-refractivity contribution is 5.94. The van der Waals surface area contributed by atoms with Gasteiger partial charge in [0.1, 0.15) is 23.2 Å². The summed E-state index contributed by atoms with van der Waals surface area (Å²) >= 11 is 0. The molecule has 26 heavy (non-hydrogen) atoms. The molecule has 0 spiro atoms. The van der Waals surface area contributed by atoms with E-state index in [1.54, 1.807) is 26.0 Å². The van der Waals surface area contributed by atoms with Crippen molar-refractivity contribution in [2.45, 2.75) is 20.3 Å². The molecule has 1 amide bonds. The fourth-order valence-electron chi connectivity index (χ4n) is 2.56. The van der Waals surface area contributed by atoms with E-state index in [2.05, 4.69) is 25.3 Å². The fraction of sp³-hybridized carbons (Fsp3) is 0.222. The van der Waals surface area contributed by atoms with Crippen LogP contribution in [0.3, 0.4) is 0 Å². The highest BCUT2D eigenvalue weighted by Gasteiger charge is 2.15. The average Bonchev–Trinajstić information content (AvgIpc) is 2.96. The van der Waals surface area contributed by atoms with Gasteiger partial charge in [-0.3, -0.25) is 9.59 Å². The molecule has 0 fully saturated rings. The first-order chi connectivity index (χ1) is 12.4. The zero-order chi connectivity index (χ0) is 18.7. The standard InChI is InChI=1S/C18H18FN5O2/c1-10-9-15(25)23-14(21-10)7-8-20-18(26)16-11(2)22-17(24-16)12-3-5-13(19)6-4-12/h3-6,9H,7-8H2,1-2H3,(H,20,26)(H,22,24)(H,21,23,25). The normalized spacial score (nSPS) is 10.7. The van der Waals surface area contributed by atoms with Crippen LogP contribution in [0.15, 0.2) is 35.1 Å². The van der Waals surface area contributed by atoms with Gasteiger partial charge in [-0.1, -0.05) is 0 Å². The predicted molar refractivity (Wildman–Crippen MR) is 94.4 cm³/mol. The minimum absolute atomic E-state index is 0.217. The van der Waals surface area contributed by atoms with Gasteiger partial charge >= 0.3 is 0 Å². The molecule has 2 heterocycles. The van der Waals surface area contributed by atoms with Gasteiger partial charge in [0.25, 0.3) is 11.5 Å². The third-order valence-corrected chi connectivity index (χ3v) is 3.78. The van der Waals surface area contributed by atoms with Crippen molar-refractivity contribution < 1.29 is 9.18 Å². The van der Waals surface area contributed by atoms with Gasteiger partial charge in [0.2, 0.25) is 0 Å². The SMILES string of the molecule is Cc1cc(=O)[nH]c(CCNC(=O)c2nc(-c3ccc(F)cc3)[nH]c2C)n1. The first-order valence-electron chi connectivity index (χ1n) is 8.10. The molecule has 0 unspecified atom stereocenters. The van der Waals surface area contributed by atoms with E-state index in [0.717, 1.165) is 0 Å². The summed E-state index contributed by atoms with van der Waals surface area (Å²) in [5.41, 5.74) is 1.99. The third-order valence-electron chi connectivity index (χ3n) is 3.78. The number of halogens is 1. The first kappa shape index (κ1) is 17.5. The average molecular weight is 355 g/mol. The maximum absolute atomic E-state index is 13.0. The fourth-order valence-corrected chi connectivity index (χ4v) is 2.56. The molecule has 2 aromatic heterocycles. The number of imidazole rings is 1. The summed E-state index contributed by atoms with van der Waals surface area (Å²) < 4.78 is 13.0. The maximum atomic E-state index is 13.0. The van der Waals surface area contributed by atoms with Crippen molar-refractivity contribution in [2.75, 3.05) is 6.54 Å².